The number of nitro benzene ring substituents is 1. The van der Waals surface area contributed by atoms with Crippen molar-refractivity contribution in [3.8, 4) is 5.75 Å². The Kier molecular flexibility index (Phi) is 7.67. The first-order valence-corrected chi connectivity index (χ1v) is 10.8. The third-order valence-corrected chi connectivity index (χ3v) is 5.26. The minimum Gasteiger partial charge on any atom is -0.507 e. The van der Waals surface area contributed by atoms with Gasteiger partial charge in [-0.1, -0.05) is 53.7 Å². The van der Waals surface area contributed by atoms with Gasteiger partial charge in [0.15, 0.2) is 0 Å². The number of phenols is 1. The summed E-state index contributed by atoms with van der Waals surface area (Å²) >= 11 is 0. The average Bonchev–Trinajstić information content (AvgIpc) is 2.67. The highest BCUT2D eigenvalue weighted by molar-refractivity contribution is 5.78. The third-order valence-electron chi connectivity index (χ3n) is 5.26. The Morgan fingerprint density at radius 2 is 1.56 bits per heavy atom. The molecule has 0 aliphatic carbocycles. The second-order valence-corrected chi connectivity index (χ2v) is 9.95. The van der Waals surface area contributed by atoms with E-state index in [1.807, 2.05) is 53.7 Å². The lowest BCUT2D eigenvalue weighted by Crippen LogP contribution is -2.31. The molecule has 0 amide bonds. The van der Waals surface area contributed by atoms with Crippen LogP contribution in [0.3, 0.4) is 0 Å². The minimum atomic E-state index is -0.757. The number of phenolic OH excluding ortho intramolecular Hbond substituents is 1. The first-order chi connectivity index (χ1) is 14.8. The maximum absolute atomic E-state index is 12.9. The number of carbonyl (C=O) groups is 1. The normalized spacial score (nSPS) is 13.0. The van der Waals surface area contributed by atoms with E-state index in [-0.39, 0.29) is 28.9 Å². The van der Waals surface area contributed by atoms with Crippen molar-refractivity contribution in [2.45, 2.75) is 71.9 Å². The molecule has 2 aromatic carbocycles. The first kappa shape index (κ1) is 25.3. The number of ether oxygens (including phenoxy) is 1. The molecule has 1 atom stereocenters. The molecule has 2 rings (SSSR count). The van der Waals surface area contributed by atoms with Gasteiger partial charge in [-0.15, -0.1) is 0 Å². The molecule has 0 bridgehead atoms. The number of non-ortho nitro benzene ring substituents is 1. The largest absolute Gasteiger partial charge is 0.507 e. The fourth-order valence-corrected chi connectivity index (χ4v) is 3.49. The van der Waals surface area contributed by atoms with E-state index in [9.17, 15) is 20.0 Å². The fourth-order valence-electron chi connectivity index (χ4n) is 3.49. The standard InChI is InChI=1S/C25H34N2O5/c1-8-32-23(29)21(26-15-16-9-11-18(12-10-16)27(30)31)17-13-19(24(2,3)4)22(28)20(14-17)25(5,6)7/h9-14,21,26,28H,8,15H2,1-7H3. The van der Waals surface area contributed by atoms with Crippen LogP contribution >= 0.6 is 0 Å². The van der Waals surface area contributed by atoms with E-state index in [1.54, 1.807) is 19.1 Å². The number of esters is 1. The summed E-state index contributed by atoms with van der Waals surface area (Å²) in [6.07, 6.45) is 0. The van der Waals surface area contributed by atoms with Crippen LogP contribution in [-0.2, 0) is 26.9 Å². The van der Waals surface area contributed by atoms with Gasteiger partial charge in [0.2, 0.25) is 0 Å². The number of rotatable bonds is 7. The maximum Gasteiger partial charge on any atom is 0.327 e. The van der Waals surface area contributed by atoms with Crippen molar-refractivity contribution in [3.63, 3.8) is 0 Å². The van der Waals surface area contributed by atoms with E-state index < -0.39 is 16.9 Å². The SMILES string of the molecule is CCOC(=O)C(NCc1ccc([N+](=O)[O-])cc1)c1cc(C(C)(C)C)c(O)c(C(C)(C)C)c1. The molecule has 32 heavy (non-hydrogen) atoms. The van der Waals surface area contributed by atoms with Crippen molar-refractivity contribution in [1.82, 2.24) is 5.32 Å². The van der Waals surface area contributed by atoms with Gasteiger partial charge < -0.3 is 9.84 Å². The quantitative estimate of drug-likeness (QED) is 0.343. The number of nitro groups is 1. The molecule has 0 aliphatic heterocycles. The highest BCUT2D eigenvalue weighted by Gasteiger charge is 2.30. The molecule has 7 nitrogen and oxygen atoms in total. The summed E-state index contributed by atoms with van der Waals surface area (Å²) in [6, 6.07) is 9.15. The molecule has 0 fully saturated rings. The van der Waals surface area contributed by atoms with Gasteiger partial charge in [-0.05, 0) is 52.1 Å². The van der Waals surface area contributed by atoms with Crippen molar-refractivity contribution in [3.05, 3.63) is 68.8 Å². The molecule has 0 heterocycles. The van der Waals surface area contributed by atoms with Crippen molar-refractivity contribution in [2.75, 3.05) is 6.61 Å². The lowest BCUT2D eigenvalue weighted by atomic mass is 9.77. The molecule has 0 aliphatic rings. The van der Waals surface area contributed by atoms with Crippen molar-refractivity contribution >= 4 is 11.7 Å². The molecule has 0 radical (unpaired) electrons. The van der Waals surface area contributed by atoms with Gasteiger partial charge in [0.25, 0.3) is 5.69 Å². The van der Waals surface area contributed by atoms with Gasteiger partial charge in [0.05, 0.1) is 11.5 Å². The Morgan fingerprint density at radius 3 is 1.97 bits per heavy atom. The summed E-state index contributed by atoms with van der Waals surface area (Å²) in [4.78, 5) is 23.3. The molecule has 2 aromatic rings. The van der Waals surface area contributed by atoms with Gasteiger partial charge >= 0.3 is 5.97 Å². The molecule has 0 saturated carbocycles. The van der Waals surface area contributed by atoms with E-state index >= 15 is 0 Å². The number of hydrogen-bond acceptors (Lipinski definition) is 6. The minimum absolute atomic E-state index is 0.0128. The molecular formula is C25H34N2O5. The molecule has 7 heteroatoms. The summed E-state index contributed by atoms with van der Waals surface area (Å²) in [5, 5.41) is 25.1. The Morgan fingerprint density at radius 1 is 1.06 bits per heavy atom. The molecule has 0 aromatic heterocycles. The molecular weight excluding hydrogens is 408 g/mol. The second kappa shape index (κ2) is 9.69. The van der Waals surface area contributed by atoms with Crippen LogP contribution in [0.5, 0.6) is 5.75 Å². The van der Waals surface area contributed by atoms with Gasteiger partial charge in [-0.2, -0.15) is 0 Å². The predicted molar refractivity (Wildman–Crippen MR) is 125 cm³/mol. The van der Waals surface area contributed by atoms with Crippen molar-refractivity contribution in [1.29, 1.82) is 0 Å². The van der Waals surface area contributed by atoms with Crippen molar-refractivity contribution in [2.24, 2.45) is 0 Å². The number of nitrogens with zero attached hydrogens (tertiary/aromatic N) is 1. The van der Waals surface area contributed by atoms with Crippen LogP contribution in [-0.4, -0.2) is 22.6 Å². The smallest absolute Gasteiger partial charge is 0.327 e. The van der Waals surface area contributed by atoms with Crippen LogP contribution in [0.15, 0.2) is 36.4 Å². The fraction of sp³-hybridized carbons (Fsp3) is 0.480. The lowest BCUT2D eigenvalue weighted by Gasteiger charge is -2.29. The van der Waals surface area contributed by atoms with Crippen LogP contribution in [0.1, 0.15) is 76.8 Å². The maximum atomic E-state index is 12.9. The zero-order chi connectivity index (χ0) is 24.3. The van der Waals surface area contributed by atoms with Crippen molar-refractivity contribution < 1.29 is 19.6 Å². The topological polar surface area (TPSA) is 102 Å². The Bertz CT molecular complexity index is 934. The summed E-state index contributed by atoms with van der Waals surface area (Å²) in [7, 11) is 0. The molecule has 1 unspecified atom stereocenters. The van der Waals surface area contributed by atoms with Gasteiger partial charge in [0, 0.05) is 18.7 Å². The number of carbonyl (C=O) groups excluding carboxylic acids is 1. The van der Waals surface area contributed by atoms with E-state index in [1.165, 1.54) is 12.1 Å². The van der Waals surface area contributed by atoms with Gasteiger partial charge in [0.1, 0.15) is 11.8 Å². The van der Waals surface area contributed by atoms with Crippen LogP contribution in [0, 0.1) is 10.1 Å². The molecule has 0 saturated heterocycles. The molecule has 0 spiro atoms. The predicted octanol–water partition coefficient (Wildman–Crippen LogP) is 5.29. The number of nitrogens with one attached hydrogen (secondary N) is 1. The lowest BCUT2D eigenvalue weighted by molar-refractivity contribution is -0.384. The average molecular weight is 443 g/mol. The van der Waals surface area contributed by atoms with Crippen LogP contribution in [0.4, 0.5) is 5.69 Å². The van der Waals surface area contributed by atoms with Gasteiger partial charge in [-0.25, -0.2) is 4.79 Å². The Balaban J connectivity index is 2.49. The Hall–Kier alpha value is -2.93. The highest BCUT2D eigenvalue weighted by atomic mass is 16.6. The number of hydrogen-bond donors (Lipinski definition) is 2. The van der Waals surface area contributed by atoms with Gasteiger partial charge in [-0.3, -0.25) is 15.4 Å². The van der Waals surface area contributed by atoms with Crippen LogP contribution in [0.25, 0.3) is 0 Å². The number of benzene rings is 2. The first-order valence-electron chi connectivity index (χ1n) is 10.8. The van der Waals surface area contributed by atoms with E-state index in [0.717, 1.165) is 16.7 Å². The van der Waals surface area contributed by atoms with E-state index in [0.29, 0.717) is 12.1 Å². The zero-order valence-electron chi connectivity index (χ0n) is 20.0. The molecule has 174 valence electrons. The number of aromatic hydroxyl groups is 1. The summed E-state index contributed by atoms with van der Waals surface area (Å²) in [5.41, 5.74) is 2.36. The summed E-state index contributed by atoms with van der Waals surface area (Å²) in [6.45, 7) is 14.4. The molecule has 2 N–H and O–H groups in total. The summed E-state index contributed by atoms with van der Waals surface area (Å²) < 4.78 is 5.33. The van der Waals surface area contributed by atoms with Crippen LogP contribution in [0.2, 0.25) is 0 Å². The monoisotopic (exact) mass is 442 g/mol. The Labute approximate surface area is 190 Å². The third kappa shape index (κ3) is 6.07. The second-order valence-electron chi connectivity index (χ2n) is 9.95. The van der Waals surface area contributed by atoms with E-state index in [4.69, 9.17) is 4.74 Å². The summed E-state index contributed by atoms with van der Waals surface area (Å²) in [5.74, 6) is -0.174. The van der Waals surface area contributed by atoms with Crippen LogP contribution < -0.4 is 5.32 Å². The highest BCUT2D eigenvalue weighted by Crippen LogP contribution is 2.41. The van der Waals surface area contributed by atoms with E-state index in [2.05, 4.69) is 5.32 Å². The zero-order valence-corrected chi connectivity index (χ0v) is 20.0.